The Balaban J connectivity index is 2.43. The Hall–Kier alpha value is -0.510. The van der Waals surface area contributed by atoms with Crippen LogP contribution in [0.5, 0.6) is 0 Å². The van der Waals surface area contributed by atoms with Crippen LogP contribution in [0.3, 0.4) is 0 Å². The summed E-state index contributed by atoms with van der Waals surface area (Å²) in [5.41, 5.74) is 0. The number of ether oxygens (including phenoxy) is 1. The molecule has 12 heavy (non-hydrogen) atoms. The van der Waals surface area contributed by atoms with E-state index in [2.05, 4.69) is 4.52 Å². The number of hydrogen-bond acceptors (Lipinski definition) is 3. The second-order valence-corrected chi connectivity index (χ2v) is 3.84. The molecule has 1 fully saturated rings. The summed E-state index contributed by atoms with van der Waals surface area (Å²) in [6.07, 6.45) is 2.62. The third kappa shape index (κ3) is 3.26. The summed E-state index contributed by atoms with van der Waals surface area (Å²) >= 11 is 0. The molecule has 0 bridgehead atoms. The molecule has 1 aliphatic rings. The molecule has 1 aliphatic heterocycles. The average molecular weight is 194 g/mol. The Bertz CT molecular complexity index is 230. The molecule has 0 saturated carbocycles. The van der Waals surface area contributed by atoms with Gasteiger partial charge in [-0.1, -0.05) is 0 Å². The molecule has 1 rings (SSSR count). The van der Waals surface area contributed by atoms with Crippen LogP contribution in [-0.2, 0) is 13.8 Å². The van der Waals surface area contributed by atoms with Crippen molar-refractivity contribution >= 4 is 7.82 Å². The second kappa shape index (κ2) is 3.47. The summed E-state index contributed by atoms with van der Waals surface area (Å²) in [5, 5.41) is 0. The maximum absolute atomic E-state index is 10.2. The minimum absolute atomic E-state index is 0.108. The Morgan fingerprint density at radius 3 is 2.83 bits per heavy atom. The van der Waals surface area contributed by atoms with Crippen molar-refractivity contribution in [3.05, 3.63) is 12.0 Å². The van der Waals surface area contributed by atoms with Crippen LogP contribution in [-0.4, -0.2) is 15.9 Å². The predicted octanol–water partition coefficient (Wildman–Crippen LogP) is 1.14. The molecule has 6 heteroatoms. The lowest BCUT2D eigenvalue weighted by molar-refractivity contribution is 0.166. The molecular weight excluding hydrogens is 183 g/mol. The van der Waals surface area contributed by atoms with Gasteiger partial charge in [-0.2, -0.15) is 0 Å². The Labute approximate surface area is 70.2 Å². The first kappa shape index (κ1) is 9.58. The van der Waals surface area contributed by atoms with E-state index in [1.807, 2.05) is 6.92 Å². The number of phosphoric acid groups is 1. The number of phosphoric ester groups is 1. The van der Waals surface area contributed by atoms with Gasteiger partial charge in [-0.25, -0.2) is 4.57 Å². The number of rotatable bonds is 2. The van der Waals surface area contributed by atoms with Gasteiger partial charge >= 0.3 is 7.82 Å². The minimum atomic E-state index is -4.39. The number of hydrogen-bond donors (Lipinski definition) is 2. The van der Waals surface area contributed by atoms with Crippen LogP contribution in [0, 0.1) is 0 Å². The van der Waals surface area contributed by atoms with E-state index in [4.69, 9.17) is 14.5 Å². The molecule has 1 atom stereocenters. The van der Waals surface area contributed by atoms with Crippen molar-refractivity contribution in [1.82, 2.24) is 0 Å². The zero-order valence-corrected chi connectivity index (χ0v) is 7.53. The summed E-state index contributed by atoms with van der Waals surface area (Å²) in [4.78, 5) is 16.7. The fraction of sp³-hybridized carbons (Fsp3) is 0.667. The third-order valence-electron chi connectivity index (χ3n) is 1.47. The quantitative estimate of drug-likeness (QED) is 0.509. The van der Waals surface area contributed by atoms with Crippen LogP contribution >= 0.6 is 7.82 Å². The van der Waals surface area contributed by atoms with Gasteiger partial charge in [0.2, 0.25) is 0 Å². The van der Waals surface area contributed by atoms with E-state index in [1.54, 1.807) is 0 Å². The Kier molecular flexibility index (Phi) is 2.77. The van der Waals surface area contributed by atoms with Crippen molar-refractivity contribution in [2.45, 2.75) is 25.9 Å². The van der Waals surface area contributed by atoms with Crippen molar-refractivity contribution in [2.75, 3.05) is 0 Å². The van der Waals surface area contributed by atoms with Crippen LogP contribution in [0.4, 0.5) is 0 Å². The van der Waals surface area contributed by atoms with Crippen molar-refractivity contribution in [3.63, 3.8) is 0 Å². The van der Waals surface area contributed by atoms with Crippen molar-refractivity contribution in [3.8, 4) is 0 Å². The molecule has 0 aromatic heterocycles. The first-order valence-electron chi connectivity index (χ1n) is 3.57. The molecule has 0 radical (unpaired) electrons. The normalized spacial score (nSPS) is 27.2. The van der Waals surface area contributed by atoms with Crippen LogP contribution < -0.4 is 0 Å². The highest BCUT2D eigenvalue weighted by Crippen LogP contribution is 2.37. The molecule has 2 N–H and O–H groups in total. The average Bonchev–Trinajstić information content (AvgIpc) is 2.30. The van der Waals surface area contributed by atoms with E-state index in [-0.39, 0.29) is 6.10 Å². The largest absolute Gasteiger partial charge is 0.524 e. The summed E-state index contributed by atoms with van der Waals surface area (Å²) in [6, 6.07) is 0. The van der Waals surface area contributed by atoms with Crippen LogP contribution in [0.25, 0.3) is 0 Å². The molecule has 1 heterocycles. The first-order valence-corrected chi connectivity index (χ1v) is 5.10. The van der Waals surface area contributed by atoms with Gasteiger partial charge in [0.1, 0.15) is 12.0 Å². The van der Waals surface area contributed by atoms with Gasteiger partial charge in [-0.15, -0.1) is 0 Å². The zero-order valence-electron chi connectivity index (χ0n) is 6.64. The van der Waals surface area contributed by atoms with Crippen LogP contribution in [0.1, 0.15) is 19.8 Å². The lowest BCUT2D eigenvalue weighted by atomic mass is 10.2. The summed E-state index contributed by atoms with van der Waals surface area (Å²) in [5.74, 6) is 0.492. The lowest BCUT2D eigenvalue weighted by Crippen LogP contribution is -1.94. The smallest absolute Gasteiger partial charge is 0.492 e. The maximum atomic E-state index is 10.2. The van der Waals surface area contributed by atoms with E-state index in [0.717, 1.165) is 12.7 Å². The summed E-state index contributed by atoms with van der Waals surface area (Å²) in [6.45, 7) is 1.89. The van der Waals surface area contributed by atoms with Gasteiger partial charge < -0.3 is 9.26 Å². The molecule has 5 nitrogen and oxygen atoms in total. The van der Waals surface area contributed by atoms with Gasteiger partial charge in [0.05, 0.1) is 6.10 Å². The molecule has 1 saturated heterocycles. The highest BCUT2D eigenvalue weighted by molar-refractivity contribution is 7.46. The fourth-order valence-electron chi connectivity index (χ4n) is 0.936. The van der Waals surface area contributed by atoms with Crippen molar-refractivity contribution in [2.24, 2.45) is 0 Å². The minimum Gasteiger partial charge on any atom is -0.492 e. The van der Waals surface area contributed by atoms with Crippen molar-refractivity contribution in [1.29, 1.82) is 0 Å². The molecule has 0 spiro atoms. The van der Waals surface area contributed by atoms with Gasteiger partial charge in [-0.05, 0) is 13.3 Å². The molecule has 0 aromatic carbocycles. The molecule has 1 unspecified atom stereocenters. The maximum Gasteiger partial charge on any atom is 0.524 e. The molecule has 70 valence electrons. The monoisotopic (exact) mass is 194 g/mol. The summed E-state index contributed by atoms with van der Waals surface area (Å²) in [7, 11) is -4.39. The second-order valence-electron chi connectivity index (χ2n) is 2.65. The lowest BCUT2D eigenvalue weighted by Gasteiger charge is -2.04. The van der Waals surface area contributed by atoms with E-state index in [1.165, 1.54) is 0 Å². The highest BCUT2D eigenvalue weighted by Gasteiger charge is 2.18. The molecule has 0 aromatic rings. The van der Waals surface area contributed by atoms with Gasteiger partial charge in [0.15, 0.2) is 0 Å². The SMILES string of the molecule is CC1CC/C(=C\OP(=O)(O)O)O1. The molecular formula is C6H11O5P. The first-order chi connectivity index (χ1) is 5.47. The topological polar surface area (TPSA) is 76.0 Å². The van der Waals surface area contributed by atoms with E-state index in [0.29, 0.717) is 12.2 Å². The highest BCUT2D eigenvalue weighted by atomic mass is 31.2. The molecule has 0 amide bonds. The zero-order chi connectivity index (χ0) is 9.19. The van der Waals surface area contributed by atoms with Gasteiger partial charge in [-0.3, -0.25) is 9.79 Å². The Morgan fingerprint density at radius 2 is 2.42 bits per heavy atom. The van der Waals surface area contributed by atoms with E-state index < -0.39 is 7.82 Å². The van der Waals surface area contributed by atoms with E-state index in [9.17, 15) is 4.57 Å². The van der Waals surface area contributed by atoms with E-state index >= 15 is 0 Å². The Morgan fingerprint density at radius 1 is 1.75 bits per heavy atom. The van der Waals surface area contributed by atoms with Crippen LogP contribution in [0.2, 0.25) is 0 Å². The standard InChI is InChI=1S/C6H11O5P/c1-5-2-3-6(11-5)4-10-12(7,8)9/h4-5H,2-3H2,1H3,(H2,7,8,9)/b6-4+. The number of allylic oxidation sites excluding steroid dienone is 1. The fourth-order valence-corrected chi connectivity index (χ4v) is 1.19. The summed E-state index contributed by atoms with van der Waals surface area (Å²) < 4.78 is 19.5. The predicted molar refractivity (Wildman–Crippen MR) is 41.0 cm³/mol. The molecule has 0 aliphatic carbocycles. The third-order valence-corrected chi connectivity index (χ3v) is 1.85. The van der Waals surface area contributed by atoms with Gasteiger partial charge in [0, 0.05) is 6.42 Å². The van der Waals surface area contributed by atoms with Gasteiger partial charge in [0.25, 0.3) is 0 Å². The van der Waals surface area contributed by atoms with Crippen LogP contribution in [0.15, 0.2) is 12.0 Å². The van der Waals surface area contributed by atoms with Crippen molar-refractivity contribution < 1.29 is 23.6 Å².